The first-order valence-electron chi connectivity index (χ1n) is 8.31. The monoisotopic (exact) mass is 334 g/mol. The van der Waals surface area contributed by atoms with Crippen molar-refractivity contribution in [1.29, 1.82) is 0 Å². The van der Waals surface area contributed by atoms with Gasteiger partial charge in [-0.05, 0) is 48.4 Å². The molecule has 4 N–H and O–H groups in total. The van der Waals surface area contributed by atoms with Gasteiger partial charge >= 0.3 is 0 Å². The molecule has 0 fully saturated rings. The SMILES string of the molecule is CN1c2ccc(N)cc2C(=O)N2CCc3c([nH]c4ccc(O)cc34)C21. The number of carbonyl (C=O) groups excluding carboxylic acids is 1. The van der Waals surface area contributed by atoms with Crippen molar-refractivity contribution in [2.45, 2.75) is 12.6 Å². The summed E-state index contributed by atoms with van der Waals surface area (Å²) in [5.74, 6) is 0.267. The normalized spacial score (nSPS) is 18.9. The zero-order valence-electron chi connectivity index (χ0n) is 13.8. The zero-order valence-corrected chi connectivity index (χ0v) is 13.8. The van der Waals surface area contributed by atoms with Crippen LogP contribution in [0.3, 0.4) is 0 Å². The molecule has 1 aromatic heterocycles. The van der Waals surface area contributed by atoms with Crippen molar-refractivity contribution in [2.75, 3.05) is 24.2 Å². The Morgan fingerprint density at radius 2 is 2.08 bits per heavy atom. The number of anilines is 2. The molecule has 0 spiro atoms. The molecular weight excluding hydrogens is 316 g/mol. The van der Waals surface area contributed by atoms with Gasteiger partial charge in [0.1, 0.15) is 11.9 Å². The number of aromatic hydroxyl groups is 1. The average molecular weight is 334 g/mol. The van der Waals surface area contributed by atoms with E-state index in [2.05, 4.69) is 9.88 Å². The van der Waals surface area contributed by atoms with Gasteiger partial charge < -0.3 is 25.6 Å². The molecule has 6 nitrogen and oxygen atoms in total. The van der Waals surface area contributed by atoms with E-state index < -0.39 is 0 Å². The highest BCUT2D eigenvalue weighted by molar-refractivity contribution is 6.03. The van der Waals surface area contributed by atoms with Crippen LogP contribution in [0.4, 0.5) is 11.4 Å². The van der Waals surface area contributed by atoms with Gasteiger partial charge in [-0.1, -0.05) is 0 Å². The number of benzene rings is 2. The summed E-state index contributed by atoms with van der Waals surface area (Å²) in [6.07, 6.45) is 0.578. The Morgan fingerprint density at radius 1 is 1.24 bits per heavy atom. The quantitative estimate of drug-likeness (QED) is 0.552. The topological polar surface area (TPSA) is 85.6 Å². The van der Waals surface area contributed by atoms with Crippen molar-refractivity contribution < 1.29 is 9.90 Å². The lowest BCUT2D eigenvalue weighted by Crippen LogP contribution is -2.51. The molecule has 126 valence electrons. The third-order valence-electron chi connectivity index (χ3n) is 5.34. The van der Waals surface area contributed by atoms with Crippen LogP contribution < -0.4 is 10.6 Å². The maximum Gasteiger partial charge on any atom is 0.257 e. The predicted molar refractivity (Wildman–Crippen MR) is 96.7 cm³/mol. The second-order valence-corrected chi connectivity index (χ2v) is 6.76. The fraction of sp³-hybridized carbons (Fsp3) is 0.211. The summed E-state index contributed by atoms with van der Waals surface area (Å²) in [6, 6.07) is 10.8. The van der Waals surface area contributed by atoms with Crippen molar-refractivity contribution >= 4 is 28.2 Å². The van der Waals surface area contributed by atoms with E-state index >= 15 is 0 Å². The van der Waals surface area contributed by atoms with E-state index in [0.29, 0.717) is 17.8 Å². The number of nitrogens with two attached hydrogens (primary N) is 1. The highest BCUT2D eigenvalue weighted by atomic mass is 16.3. The first-order chi connectivity index (χ1) is 12.0. The second kappa shape index (κ2) is 4.69. The Balaban J connectivity index is 1.72. The predicted octanol–water partition coefficient (Wildman–Crippen LogP) is 2.60. The summed E-state index contributed by atoms with van der Waals surface area (Å²) >= 11 is 0. The number of phenolic OH excluding ortho intramolecular Hbond substituents is 1. The first kappa shape index (κ1) is 14.2. The first-order valence-corrected chi connectivity index (χ1v) is 8.31. The number of rotatable bonds is 0. The maximum absolute atomic E-state index is 13.0. The molecule has 2 aliphatic rings. The molecule has 0 radical (unpaired) electrons. The van der Waals surface area contributed by atoms with Gasteiger partial charge in [-0.25, -0.2) is 0 Å². The van der Waals surface area contributed by atoms with Crippen molar-refractivity contribution in [1.82, 2.24) is 9.88 Å². The number of H-pyrrole nitrogens is 1. The molecule has 3 heterocycles. The Bertz CT molecular complexity index is 1040. The highest BCUT2D eigenvalue weighted by Crippen LogP contribution is 2.43. The molecule has 1 amide bonds. The van der Waals surface area contributed by atoms with Crippen LogP contribution >= 0.6 is 0 Å². The minimum Gasteiger partial charge on any atom is -0.508 e. The van der Waals surface area contributed by atoms with Crippen LogP contribution in [0.25, 0.3) is 10.9 Å². The third kappa shape index (κ3) is 1.82. The molecule has 2 aromatic carbocycles. The van der Waals surface area contributed by atoms with E-state index in [1.54, 1.807) is 18.2 Å². The van der Waals surface area contributed by atoms with Crippen LogP contribution in [0.15, 0.2) is 36.4 Å². The van der Waals surface area contributed by atoms with Crippen LogP contribution in [0.5, 0.6) is 5.75 Å². The lowest BCUT2D eigenvalue weighted by atomic mass is 9.96. The van der Waals surface area contributed by atoms with Gasteiger partial charge in [0.15, 0.2) is 0 Å². The van der Waals surface area contributed by atoms with Crippen LogP contribution in [-0.2, 0) is 6.42 Å². The van der Waals surface area contributed by atoms with Crippen LogP contribution in [0.1, 0.15) is 27.8 Å². The van der Waals surface area contributed by atoms with E-state index in [1.807, 2.05) is 30.1 Å². The third-order valence-corrected chi connectivity index (χ3v) is 5.34. The minimum atomic E-state index is -0.179. The molecule has 0 aliphatic carbocycles. The number of hydrogen-bond donors (Lipinski definition) is 3. The summed E-state index contributed by atoms with van der Waals surface area (Å²) < 4.78 is 0. The lowest BCUT2D eigenvalue weighted by molar-refractivity contribution is 0.0635. The average Bonchev–Trinajstić information content (AvgIpc) is 2.96. The van der Waals surface area contributed by atoms with Gasteiger partial charge in [-0.15, -0.1) is 0 Å². The molecule has 5 rings (SSSR count). The molecule has 1 atom stereocenters. The Labute approximate surface area is 144 Å². The molecule has 0 saturated heterocycles. The fourth-order valence-corrected chi connectivity index (χ4v) is 4.19. The summed E-state index contributed by atoms with van der Waals surface area (Å²) in [4.78, 5) is 20.5. The molecule has 3 aromatic rings. The number of fused-ring (bicyclic) bond motifs is 6. The zero-order chi connectivity index (χ0) is 17.3. The van der Waals surface area contributed by atoms with Crippen molar-refractivity contribution in [3.63, 3.8) is 0 Å². The van der Waals surface area contributed by atoms with Crippen LogP contribution in [0, 0.1) is 0 Å². The largest absolute Gasteiger partial charge is 0.508 e. The van der Waals surface area contributed by atoms with Crippen molar-refractivity contribution in [3.05, 3.63) is 53.2 Å². The standard InChI is InChI=1S/C19H18N4O2/c1-22-16-5-2-10(20)8-14(16)19(25)23-7-6-12-13-9-11(24)3-4-15(13)21-17(12)18(22)23/h2-5,8-9,18,21,24H,6-7,20H2,1H3. The number of carbonyl (C=O) groups is 1. The van der Waals surface area contributed by atoms with Crippen LogP contribution in [0.2, 0.25) is 0 Å². The van der Waals surface area contributed by atoms with E-state index in [1.165, 1.54) is 5.56 Å². The van der Waals surface area contributed by atoms with Gasteiger partial charge in [0.25, 0.3) is 5.91 Å². The fourth-order valence-electron chi connectivity index (χ4n) is 4.19. The molecule has 2 aliphatic heterocycles. The number of nitrogens with zero attached hydrogens (tertiary/aromatic N) is 2. The molecule has 1 unspecified atom stereocenters. The smallest absolute Gasteiger partial charge is 0.257 e. The molecular formula is C19H18N4O2. The molecule has 6 heteroatoms. The summed E-state index contributed by atoms with van der Waals surface area (Å²) in [6.45, 7) is 0.637. The summed E-state index contributed by atoms with van der Waals surface area (Å²) in [7, 11) is 2.00. The van der Waals surface area contributed by atoms with Gasteiger partial charge in [-0.2, -0.15) is 0 Å². The Morgan fingerprint density at radius 3 is 2.92 bits per heavy atom. The molecule has 0 saturated carbocycles. The summed E-state index contributed by atoms with van der Waals surface area (Å²) in [5, 5.41) is 10.9. The maximum atomic E-state index is 13.0. The number of phenols is 1. The van der Waals surface area contributed by atoms with Gasteiger partial charge in [0, 0.05) is 30.2 Å². The number of amides is 1. The van der Waals surface area contributed by atoms with E-state index in [4.69, 9.17) is 5.73 Å². The van der Waals surface area contributed by atoms with Crippen LogP contribution in [-0.4, -0.2) is 34.5 Å². The van der Waals surface area contributed by atoms with E-state index in [0.717, 1.165) is 28.7 Å². The Hall–Kier alpha value is -3.15. The van der Waals surface area contributed by atoms with Crippen molar-refractivity contribution in [3.8, 4) is 5.75 Å². The van der Waals surface area contributed by atoms with Gasteiger partial charge in [0.05, 0.1) is 16.9 Å². The van der Waals surface area contributed by atoms with Crippen molar-refractivity contribution in [2.24, 2.45) is 0 Å². The second-order valence-electron chi connectivity index (χ2n) is 6.76. The number of nitrogen functional groups attached to an aromatic ring is 1. The number of hydrogen-bond acceptors (Lipinski definition) is 4. The van der Waals surface area contributed by atoms with Gasteiger partial charge in [0.2, 0.25) is 0 Å². The lowest BCUT2D eigenvalue weighted by Gasteiger charge is -2.46. The number of aromatic nitrogens is 1. The number of aromatic amines is 1. The van der Waals surface area contributed by atoms with E-state index in [-0.39, 0.29) is 17.8 Å². The molecule has 25 heavy (non-hydrogen) atoms. The molecule has 0 bridgehead atoms. The number of nitrogens with one attached hydrogen (secondary N) is 1. The minimum absolute atomic E-state index is 0.0116. The highest BCUT2D eigenvalue weighted by Gasteiger charge is 2.41. The van der Waals surface area contributed by atoms with E-state index in [9.17, 15) is 9.90 Å². The Kier molecular flexibility index (Phi) is 2.67. The van der Waals surface area contributed by atoms with Gasteiger partial charge in [-0.3, -0.25) is 4.79 Å². The summed E-state index contributed by atoms with van der Waals surface area (Å²) in [5.41, 5.74) is 11.2.